The van der Waals surface area contributed by atoms with Crippen LogP contribution in [-0.2, 0) is 11.2 Å². The summed E-state index contributed by atoms with van der Waals surface area (Å²) >= 11 is 1.48. The second kappa shape index (κ2) is 9.07. The topological polar surface area (TPSA) is 67.2 Å². The fourth-order valence-electron chi connectivity index (χ4n) is 3.85. The lowest BCUT2D eigenvalue weighted by molar-refractivity contribution is 0.0433. The molecule has 3 aromatic rings. The van der Waals surface area contributed by atoms with E-state index in [4.69, 9.17) is 4.74 Å². The maximum atomic E-state index is 13.1. The molecule has 1 saturated heterocycles. The van der Waals surface area contributed by atoms with Crippen LogP contribution in [0.3, 0.4) is 0 Å². The van der Waals surface area contributed by atoms with Crippen LogP contribution in [0.25, 0.3) is 4.96 Å². The largest absolute Gasteiger partial charge is 0.383 e. The Balaban J connectivity index is 1.52. The highest BCUT2D eigenvalue weighted by molar-refractivity contribution is 7.17. The number of thiazole rings is 1. The maximum Gasteiger partial charge on any atom is 0.271 e. The number of piperazine rings is 1. The predicted molar refractivity (Wildman–Crippen MR) is 117 cm³/mol. The van der Waals surface area contributed by atoms with E-state index in [-0.39, 0.29) is 23.1 Å². The van der Waals surface area contributed by atoms with Crippen molar-refractivity contribution in [1.82, 2.24) is 19.2 Å². The lowest BCUT2D eigenvalue weighted by Gasteiger charge is -2.39. The van der Waals surface area contributed by atoms with E-state index in [0.717, 1.165) is 24.4 Å². The first-order chi connectivity index (χ1) is 14.6. The van der Waals surface area contributed by atoms with Crippen molar-refractivity contribution in [2.24, 2.45) is 0 Å². The molecule has 0 radical (unpaired) electrons. The minimum Gasteiger partial charge on any atom is -0.383 e. The second-order valence-electron chi connectivity index (χ2n) is 7.62. The Kier molecular flexibility index (Phi) is 6.26. The van der Waals surface area contributed by atoms with Crippen molar-refractivity contribution in [3.05, 3.63) is 69.1 Å². The Labute approximate surface area is 179 Å². The molecule has 1 aliphatic rings. The number of fused-ring (bicyclic) bond motifs is 1. The highest BCUT2D eigenvalue weighted by Gasteiger charge is 2.28. The molecule has 0 saturated carbocycles. The molecule has 0 spiro atoms. The van der Waals surface area contributed by atoms with Gasteiger partial charge in [0, 0.05) is 63.0 Å². The molecule has 1 amide bonds. The Morgan fingerprint density at radius 2 is 2.07 bits per heavy atom. The summed E-state index contributed by atoms with van der Waals surface area (Å²) in [4.78, 5) is 36.2. The molecule has 3 heterocycles. The Hall–Kier alpha value is -2.55. The zero-order valence-electron chi connectivity index (χ0n) is 17.3. The van der Waals surface area contributed by atoms with Gasteiger partial charge in [0.2, 0.25) is 0 Å². The first-order valence-corrected chi connectivity index (χ1v) is 10.9. The van der Waals surface area contributed by atoms with Gasteiger partial charge in [0.25, 0.3) is 11.5 Å². The van der Waals surface area contributed by atoms with E-state index in [1.807, 2.05) is 24.4 Å². The summed E-state index contributed by atoms with van der Waals surface area (Å²) in [5.74, 6) is -0.240. The number of methoxy groups -OCH3 is 1. The van der Waals surface area contributed by atoms with E-state index in [2.05, 4.69) is 28.9 Å². The zero-order valence-corrected chi connectivity index (χ0v) is 18.1. The first kappa shape index (κ1) is 20.7. The number of hydrogen-bond acceptors (Lipinski definition) is 6. The van der Waals surface area contributed by atoms with Crippen molar-refractivity contribution in [1.29, 1.82) is 0 Å². The van der Waals surface area contributed by atoms with E-state index >= 15 is 0 Å². The molecule has 1 atom stereocenters. The average Bonchev–Trinajstić information content (AvgIpc) is 3.17. The number of carbonyl (C=O) groups excluding carboxylic acids is 1. The SMILES string of the molecule is COCCN1CCN(C(=O)c2cnc3sc(Cc4ccccc4)cn3c2=O)CC1C. The van der Waals surface area contributed by atoms with Crippen LogP contribution < -0.4 is 5.56 Å². The molecule has 30 heavy (non-hydrogen) atoms. The van der Waals surface area contributed by atoms with Gasteiger partial charge in [-0.1, -0.05) is 30.3 Å². The van der Waals surface area contributed by atoms with Gasteiger partial charge in [0.15, 0.2) is 4.96 Å². The summed E-state index contributed by atoms with van der Waals surface area (Å²) in [6.45, 7) is 5.56. The van der Waals surface area contributed by atoms with Crippen molar-refractivity contribution >= 4 is 22.2 Å². The van der Waals surface area contributed by atoms with E-state index in [9.17, 15) is 9.59 Å². The summed E-state index contributed by atoms with van der Waals surface area (Å²) in [5.41, 5.74) is 1.01. The van der Waals surface area contributed by atoms with Crippen LogP contribution in [-0.4, -0.2) is 71.0 Å². The van der Waals surface area contributed by atoms with Gasteiger partial charge in [-0.15, -0.1) is 11.3 Å². The quantitative estimate of drug-likeness (QED) is 0.604. The van der Waals surface area contributed by atoms with Gasteiger partial charge in [-0.2, -0.15) is 0 Å². The smallest absolute Gasteiger partial charge is 0.271 e. The molecular formula is C22H26N4O3S. The third kappa shape index (κ3) is 4.30. The number of rotatable bonds is 6. The van der Waals surface area contributed by atoms with Crippen LogP contribution >= 0.6 is 11.3 Å². The summed E-state index contributed by atoms with van der Waals surface area (Å²) in [6, 6.07) is 10.3. The van der Waals surface area contributed by atoms with Crippen LogP contribution in [0.15, 0.2) is 47.5 Å². The molecule has 8 heteroatoms. The number of hydrogen-bond donors (Lipinski definition) is 0. The van der Waals surface area contributed by atoms with Gasteiger partial charge in [0.05, 0.1) is 6.61 Å². The van der Waals surface area contributed by atoms with Crippen LogP contribution in [0.1, 0.15) is 27.7 Å². The molecule has 1 fully saturated rings. The first-order valence-electron chi connectivity index (χ1n) is 10.1. The van der Waals surface area contributed by atoms with Crippen LogP contribution in [0.4, 0.5) is 0 Å². The summed E-state index contributed by atoms with van der Waals surface area (Å²) < 4.78 is 6.67. The number of aromatic nitrogens is 2. The number of benzene rings is 1. The number of ether oxygens (including phenoxy) is 1. The Morgan fingerprint density at radius 1 is 1.27 bits per heavy atom. The molecule has 4 rings (SSSR count). The van der Waals surface area contributed by atoms with Crippen molar-refractivity contribution in [2.45, 2.75) is 19.4 Å². The van der Waals surface area contributed by atoms with Crippen molar-refractivity contribution in [3.8, 4) is 0 Å². The number of nitrogens with zero attached hydrogens (tertiary/aromatic N) is 4. The lowest BCUT2D eigenvalue weighted by Crippen LogP contribution is -2.54. The Bertz CT molecular complexity index is 1080. The average molecular weight is 427 g/mol. The van der Waals surface area contributed by atoms with E-state index in [1.54, 1.807) is 12.0 Å². The van der Waals surface area contributed by atoms with E-state index < -0.39 is 0 Å². The molecule has 0 bridgehead atoms. The molecule has 2 aromatic heterocycles. The molecule has 7 nitrogen and oxygen atoms in total. The predicted octanol–water partition coefficient (Wildman–Crippen LogP) is 2.14. The van der Waals surface area contributed by atoms with Gasteiger partial charge in [-0.25, -0.2) is 4.98 Å². The standard InChI is InChI=1S/C22H26N4O3S/c1-16-14-25(9-8-24(16)10-11-29-2)20(27)19-13-23-22-26(21(19)28)15-18(30-22)12-17-6-4-3-5-7-17/h3-7,13,15-16H,8-12,14H2,1-2H3. The van der Waals surface area contributed by atoms with Gasteiger partial charge in [-0.05, 0) is 12.5 Å². The van der Waals surface area contributed by atoms with Crippen LogP contribution in [0.5, 0.6) is 0 Å². The van der Waals surface area contributed by atoms with Crippen LogP contribution in [0.2, 0.25) is 0 Å². The van der Waals surface area contributed by atoms with Gasteiger partial charge >= 0.3 is 0 Å². The number of amides is 1. The fraction of sp³-hybridized carbons (Fsp3) is 0.409. The maximum absolute atomic E-state index is 13.1. The third-order valence-electron chi connectivity index (χ3n) is 5.54. The fourth-order valence-corrected chi connectivity index (χ4v) is 4.82. The van der Waals surface area contributed by atoms with E-state index in [1.165, 1.54) is 27.5 Å². The summed E-state index contributed by atoms with van der Waals surface area (Å²) in [5, 5.41) is 0. The highest BCUT2D eigenvalue weighted by Crippen LogP contribution is 2.19. The second-order valence-corrected chi connectivity index (χ2v) is 8.71. The molecule has 1 aliphatic heterocycles. The number of carbonyl (C=O) groups is 1. The van der Waals surface area contributed by atoms with Gasteiger partial charge in [0.1, 0.15) is 5.56 Å². The minimum absolute atomic E-state index is 0.133. The Morgan fingerprint density at radius 3 is 2.80 bits per heavy atom. The highest BCUT2D eigenvalue weighted by atomic mass is 32.1. The third-order valence-corrected chi connectivity index (χ3v) is 6.54. The van der Waals surface area contributed by atoms with Crippen molar-refractivity contribution < 1.29 is 9.53 Å². The molecule has 0 aliphatic carbocycles. The normalized spacial score (nSPS) is 17.5. The van der Waals surface area contributed by atoms with Crippen molar-refractivity contribution in [3.63, 3.8) is 0 Å². The lowest BCUT2D eigenvalue weighted by atomic mass is 10.1. The van der Waals surface area contributed by atoms with Gasteiger partial charge < -0.3 is 9.64 Å². The van der Waals surface area contributed by atoms with Crippen molar-refractivity contribution in [2.75, 3.05) is 39.9 Å². The minimum atomic E-state index is -0.296. The van der Waals surface area contributed by atoms with Crippen LogP contribution in [0, 0.1) is 0 Å². The summed E-state index contributed by atoms with van der Waals surface area (Å²) in [6.07, 6.45) is 3.98. The zero-order chi connectivity index (χ0) is 21.1. The van der Waals surface area contributed by atoms with E-state index in [0.29, 0.717) is 24.7 Å². The molecule has 1 unspecified atom stereocenters. The molecule has 0 N–H and O–H groups in total. The molecule has 158 valence electrons. The monoisotopic (exact) mass is 426 g/mol. The summed E-state index contributed by atoms with van der Waals surface area (Å²) in [7, 11) is 1.69. The van der Waals surface area contributed by atoms with Gasteiger partial charge in [-0.3, -0.25) is 18.9 Å². The molecule has 1 aromatic carbocycles. The molecular weight excluding hydrogens is 400 g/mol.